The Morgan fingerprint density at radius 3 is 2.15 bits per heavy atom. The van der Waals surface area contributed by atoms with Gasteiger partial charge in [-0.3, -0.25) is 0 Å². The van der Waals surface area contributed by atoms with Gasteiger partial charge in [0, 0.05) is 73.4 Å². The second-order valence-electron chi connectivity index (χ2n) is 25.5. The molecule has 0 radical (unpaired) electrons. The number of hydrogen-bond acceptors (Lipinski definition) is 3. The minimum Gasteiger partial charge on any atom is -0.456 e. The van der Waals surface area contributed by atoms with Gasteiger partial charge in [0.05, 0.1) is 11.1 Å². The molecule has 5 aliphatic rings. The minimum absolute atomic E-state index is 0.00608. The summed E-state index contributed by atoms with van der Waals surface area (Å²) in [5, 5.41) is 3.67. The molecule has 0 N–H and O–H groups in total. The molecule has 0 bridgehead atoms. The lowest BCUT2D eigenvalue weighted by molar-refractivity contribution is 0.453. The van der Waals surface area contributed by atoms with Crippen LogP contribution in [0.4, 0.5) is 28.4 Å². The van der Waals surface area contributed by atoms with Crippen LogP contribution in [0.1, 0.15) is 130 Å². The smallest absolute Gasteiger partial charge is 0.252 e. The number of furan rings is 1. The van der Waals surface area contributed by atoms with Gasteiger partial charge in [0.2, 0.25) is 0 Å². The van der Waals surface area contributed by atoms with Gasteiger partial charge >= 0.3 is 0 Å². The summed E-state index contributed by atoms with van der Waals surface area (Å²) in [5.41, 5.74) is 25.7. The molecule has 0 saturated carbocycles. The number of fused-ring (bicyclic) bond motifs is 12. The summed E-state index contributed by atoms with van der Waals surface area (Å²) in [6.07, 6.45) is 14.0. The molecule has 0 fully saturated rings. The highest BCUT2D eigenvalue weighted by atomic mass is 16.3. The van der Waals surface area contributed by atoms with Crippen LogP contribution in [0, 0.1) is 18.3 Å². The van der Waals surface area contributed by atoms with Gasteiger partial charge in [-0.15, -0.1) is 0 Å². The third kappa shape index (κ3) is 6.37. The van der Waals surface area contributed by atoms with E-state index in [4.69, 9.17) is 4.42 Å². The number of hydrogen-bond donors (Lipinski definition) is 0. The number of aryl methyl sites for hydroxylation is 1. The number of nitrogens with zero attached hydrogens (tertiary/aromatic N) is 3. The molecule has 6 aromatic carbocycles. The lowest BCUT2D eigenvalue weighted by Crippen LogP contribution is -2.60. The molecular formula is C67H68BN3O. The molecule has 13 rings (SSSR count). The van der Waals surface area contributed by atoms with Crippen molar-refractivity contribution in [2.75, 3.05) is 9.80 Å². The quantitative estimate of drug-likeness (QED) is 0.164. The van der Waals surface area contributed by atoms with E-state index < -0.39 is 0 Å². The van der Waals surface area contributed by atoms with E-state index in [9.17, 15) is 0 Å². The van der Waals surface area contributed by atoms with E-state index in [2.05, 4.69) is 244 Å². The van der Waals surface area contributed by atoms with Crippen LogP contribution in [-0.4, -0.2) is 11.3 Å². The highest BCUT2D eigenvalue weighted by molar-refractivity contribution is 7.00. The molecule has 72 heavy (non-hydrogen) atoms. The van der Waals surface area contributed by atoms with Crippen LogP contribution in [0.25, 0.3) is 38.5 Å². The van der Waals surface area contributed by atoms with Crippen LogP contribution >= 0.6 is 0 Å². The normalized spacial score (nSPS) is 18.8. The highest BCUT2D eigenvalue weighted by Crippen LogP contribution is 2.58. The molecule has 4 heterocycles. The van der Waals surface area contributed by atoms with Gasteiger partial charge in [0.1, 0.15) is 11.2 Å². The van der Waals surface area contributed by atoms with Gasteiger partial charge in [0.15, 0.2) is 0 Å². The van der Waals surface area contributed by atoms with Crippen molar-refractivity contribution in [1.29, 1.82) is 0 Å². The minimum atomic E-state index is -0.151. The Hall–Kier alpha value is -6.72. The summed E-state index contributed by atoms with van der Waals surface area (Å²) in [4.78, 5) is 5.24. The Kier molecular flexibility index (Phi) is 9.52. The Balaban J connectivity index is 1.15. The van der Waals surface area contributed by atoms with Gasteiger partial charge in [-0.2, -0.15) is 0 Å². The van der Waals surface area contributed by atoms with Crippen LogP contribution < -0.4 is 26.2 Å². The van der Waals surface area contributed by atoms with Crippen molar-refractivity contribution in [3.8, 4) is 5.69 Å². The molecule has 4 nitrogen and oxygen atoms in total. The molecule has 0 amide bonds. The zero-order valence-corrected chi connectivity index (χ0v) is 44.7. The molecule has 360 valence electrons. The van der Waals surface area contributed by atoms with Crippen molar-refractivity contribution in [2.24, 2.45) is 11.3 Å². The van der Waals surface area contributed by atoms with E-state index in [-0.39, 0.29) is 28.4 Å². The molecule has 2 aliphatic heterocycles. The van der Waals surface area contributed by atoms with E-state index in [0.29, 0.717) is 11.8 Å². The van der Waals surface area contributed by atoms with Crippen molar-refractivity contribution in [2.45, 2.75) is 125 Å². The molecule has 0 spiro atoms. The standard InChI is InChI=1S/C67H68BN3O/c1-39-34-41(64(3,4)5)28-32-51(39)69(52-33-29-42(35-40(52)2)65(6,7)8)44-30-31-49-54(38-44)70(53-25-19-27-58-60(53)46-21-15-17-26-57(46)72-58)55-36-43(66(9,10)11)37-56-61(55)68(49)50-24-18-22-47-59-45-20-14-16-23-48(45)67(12,13)63(59)71(56)62(47)50/h14-19,21-34,36-38,40,45H,20,35H2,1-13H3. The van der Waals surface area contributed by atoms with Crippen LogP contribution in [0.15, 0.2) is 161 Å². The monoisotopic (exact) mass is 942 g/mol. The first-order chi connectivity index (χ1) is 34.2. The maximum Gasteiger partial charge on any atom is 0.252 e. The number of allylic oxidation sites excluding steroid dienone is 8. The average Bonchev–Trinajstić information content (AvgIpc) is 3.97. The fourth-order valence-electron chi connectivity index (χ4n) is 13.7. The molecule has 0 saturated heterocycles. The van der Waals surface area contributed by atoms with Gasteiger partial charge in [-0.05, 0) is 129 Å². The van der Waals surface area contributed by atoms with E-state index in [1.165, 1.54) is 101 Å². The van der Waals surface area contributed by atoms with Gasteiger partial charge < -0.3 is 18.8 Å². The fraction of sp³-hybridized carbons (Fsp3) is 0.313. The zero-order chi connectivity index (χ0) is 50.1. The van der Waals surface area contributed by atoms with Crippen LogP contribution in [-0.2, 0) is 16.2 Å². The highest BCUT2D eigenvalue weighted by Gasteiger charge is 2.50. The van der Waals surface area contributed by atoms with E-state index in [0.717, 1.165) is 40.5 Å². The van der Waals surface area contributed by atoms with Crippen LogP contribution in [0.2, 0.25) is 0 Å². The second kappa shape index (κ2) is 15.2. The van der Waals surface area contributed by atoms with Gasteiger partial charge in [-0.1, -0.05) is 179 Å². The SMILES string of the molecule is Cc1cc(C(C)(C)C)ccc1N(C1=CC=C(C(C)(C)C)CC1C)c1ccc2c(c1)N(c1cccc3oc4ccccc4c13)c1cc(C(C)(C)C)cc3c1B2c1cccc2c4c(n-3c12)C(C)(C)C1=CC=CCC14. The zero-order valence-electron chi connectivity index (χ0n) is 44.7. The first kappa shape index (κ1) is 45.2. The Morgan fingerprint density at radius 2 is 1.40 bits per heavy atom. The largest absolute Gasteiger partial charge is 0.456 e. The summed E-state index contributed by atoms with van der Waals surface area (Å²) < 4.78 is 9.48. The predicted octanol–water partition coefficient (Wildman–Crippen LogP) is 16.3. The molecular weight excluding hydrogens is 874 g/mol. The first-order valence-corrected chi connectivity index (χ1v) is 26.6. The topological polar surface area (TPSA) is 24.6 Å². The summed E-state index contributed by atoms with van der Waals surface area (Å²) in [6, 6.07) is 42.3. The number of rotatable bonds is 4. The van der Waals surface area contributed by atoms with Crippen molar-refractivity contribution in [1.82, 2.24) is 4.57 Å². The molecule has 2 unspecified atom stereocenters. The summed E-state index contributed by atoms with van der Waals surface area (Å²) in [7, 11) is 0. The Bertz CT molecular complexity index is 3790. The molecule has 3 aliphatic carbocycles. The van der Waals surface area contributed by atoms with Crippen molar-refractivity contribution in [3.63, 3.8) is 0 Å². The predicted molar refractivity (Wildman–Crippen MR) is 308 cm³/mol. The Labute approximate surface area is 427 Å². The average molecular weight is 942 g/mol. The van der Waals surface area contributed by atoms with Crippen LogP contribution in [0.5, 0.6) is 0 Å². The first-order valence-electron chi connectivity index (χ1n) is 26.6. The van der Waals surface area contributed by atoms with Crippen molar-refractivity contribution >= 4 is 84.4 Å². The third-order valence-electron chi connectivity index (χ3n) is 17.4. The van der Waals surface area contributed by atoms with E-state index in [1.807, 2.05) is 0 Å². The van der Waals surface area contributed by atoms with Crippen LogP contribution in [0.3, 0.4) is 0 Å². The Morgan fingerprint density at radius 1 is 0.667 bits per heavy atom. The molecule has 8 aromatic rings. The number of anilines is 5. The summed E-state index contributed by atoms with van der Waals surface area (Å²) in [5.74, 6) is 0.664. The van der Waals surface area contributed by atoms with Gasteiger partial charge in [-0.25, -0.2) is 0 Å². The number of para-hydroxylation sites is 2. The maximum absolute atomic E-state index is 6.74. The maximum atomic E-state index is 6.74. The third-order valence-corrected chi connectivity index (χ3v) is 17.4. The van der Waals surface area contributed by atoms with E-state index in [1.54, 1.807) is 0 Å². The van der Waals surface area contributed by atoms with Crippen molar-refractivity contribution in [3.05, 3.63) is 184 Å². The lowest BCUT2D eigenvalue weighted by atomic mass is 9.33. The second-order valence-corrected chi connectivity index (χ2v) is 25.5. The molecule has 2 aromatic heterocycles. The summed E-state index contributed by atoms with van der Waals surface area (Å²) in [6.45, 7) is 30.9. The summed E-state index contributed by atoms with van der Waals surface area (Å²) >= 11 is 0. The molecule has 5 heteroatoms. The number of benzene rings is 6. The fourth-order valence-corrected chi connectivity index (χ4v) is 13.7. The lowest BCUT2D eigenvalue weighted by Gasteiger charge is -2.43. The van der Waals surface area contributed by atoms with Gasteiger partial charge in [0.25, 0.3) is 6.71 Å². The van der Waals surface area contributed by atoms with Crippen molar-refractivity contribution < 1.29 is 4.42 Å². The molecule has 2 atom stereocenters. The number of aromatic nitrogens is 1. The van der Waals surface area contributed by atoms with E-state index >= 15 is 0 Å².